The molecule has 68 valence electrons. The average Bonchev–Trinajstić information content (AvgIpc) is 2.48. The van der Waals surface area contributed by atoms with Crippen LogP contribution in [0, 0.1) is 12.3 Å². The summed E-state index contributed by atoms with van der Waals surface area (Å²) < 4.78 is 24.6. The lowest BCUT2D eigenvalue weighted by Crippen LogP contribution is -2.35. The molecule has 0 unspecified atom stereocenters. The van der Waals surface area contributed by atoms with Crippen molar-refractivity contribution in [3.05, 3.63) is 0 Å². The van der Waals surface area contributed by atoms with E-state index >= 15 is 0 Å². The SMILES string of the molecule is C#CCCN1CCC[C@@H]1C(F)F. The minimum Gasteiger partial charge on any atom is -0.294 e. The van der Waals surface area contributed by atoms with Gasteiger partial charge < -0.3 is 0 Å². The molecule has 0 aromatic carbocycles. The molecule has 0 amide bonds. The molecule has 3 heteroatoms. The Hall–Kier alpha value is -0.620. The first-order chi connectivity index (χ1) is 5.75. The van der Waals surface area contributed by atoms with Crippen molar-refractivity contribution >= 4 is 0 Å². The zero-order chi connectivity index (χ0) is 8.97. The van der Waals surface area contributed by atoms with Crippen LogP contribution in [0.3, 0.4) is 0 Å². The Morgan fingerprint density at radius 3 is 2.92 bits per heavy atom. The van der Waals surface area contributed by atoms with Gasteiger partial charge in [0.2, 0.25) is 0 Å². The molecule has 0 N–H and O–H groups in total. The first-order valence-corrected chi connectivity index (χ1v) is 4.21. The van der Waals surface area contributed by atoms with Crippen molar-refractivity contribution in [1.82, 2.24) is 4.90 Å². The van der Waals surface area contributed by atoms with E-state index in [0.29, 0.717) is 19.4 Å². The molecule has 1 atom stereocenters. The van der Waals surface area contributed by atoms with Gasteiger partial charge in [0.1, 0.15) is 0 Å². The quantitative estimate of drug-likeness (QED) is 0.587. The highest BCUT2D eigenvalue weighted by molar-refractivity contribution is 4.88. The van der Waals surface area contributed by atoms with Crippen LogP contribution in [0.2, 0.25) is 0 Å². The van der Waals surface area contributed by atoms with Crippen LogP contribution in [0.15, 0.2) is 0 Å². The Morgan fingerprint density at radius 1 is 1.58 bits per heavy atom. The molecule has 12 heavy (non-hydrogen) atoms. The highest BCUT2D eigenvalue weighted by atomic mass is 19.3. The Labute approximate surface area is 71.7 Å². The zero-order valence-corrected chi connectivity index (χ0v) is 6.97. The lowest BCUT2D eigenvalue weighted by Gasteiger charge is -2.22. The number of hydrogen-bond acceptors (Lipinski definition) is 1. The molecule has 0 bridgehead atoms. The maximum atomic E-state index is 12.3. The van der Waals surface area contributed by atoms with E-state index in [9.17, 15) is 8.78 Å². The molecule has 0 aliphatic carbocycles. The topological polar surface area (TPSA) is 3.24 Å². The highest BCUT2D eigenvalue weighted by Crippen LogP contribution is 2.22. The lowest BCUT2D eigenvalue weighted by molar-refractivity contribution is 0.0485. The Kier molecular flexibility index (Phi) is 3.48. The van der Waals surface area contributed by atoms with Crippen LogP contribution < -0.4 is 0 Å². The fraction of sp³-hybridized carbons (Fsp3) is 0.778. The molecular weight excluding hydrogens is 160 g/mol. The van der Waals surface area contributed by atoms with Gasteiger partial charge in [-0.2, -0.15) is 0 Å². The second-order valence-corrected chi connectivity index (χ2v) is 3.03. The maximum absolute atomic E-state index is 12.3. The second-order valence-electron chi connectivity index (χ2n) is 3.03. The number of hydrogen-bond donors (Lipinski definition) is 0. The minimum atomic E-state index is -2.22. The number of rotatable bonds is 3. The van der Waals surface area contributed by atoms with E-state index < -0.39 is 12.5 Å². The summed E-state index contributed by atoms with van der Waals surface area (Å²) >= 11 is 0. The molecular formula is C9H13F2N. The average molecular weight is 173 g/mol. The van der Waals surface area contributed by atoms with E-state index in [0.717, 1.165) is 13.0 Å². The smallest absolute Gasteiger partial charge is 0.253 e. The van der Waals surface area contributed by atoms with Crippen molar-refractivity contribution in [1.29, 1.82) is 0 Å². The van der Waals surface area contributed by atoms with Gasteiger partial charge in [-0.1, -0.05) is 0 Å². The van der Waals surface area contributed by atoms with Gasteiger partial charge in [-0.15, -0.1) is 12.3 Å². The van der Waals surface area contributed by atoms with Gasteiger partial charge in [0, 0.05) is 13.0 Å². The summed E-state index contributed by atoms with van der Waals surface area (Å²) in [6.07, 6.45) is 4.91. The fourth-order valence-corrected chi connectivity index (χ4v) is 1.62. The lowest BCUT2D eigenvalue weighted by atomic mass is 10.2. The number of halogens is 2. The highest BCUT2D eigenvalue weighted by Gasteiger charge is 2.30. The standard InChI is InChI=1S/C9H13F2N/c1-2-3-6-12-7-4-5-8(12)9(10)11/h1,8-9H,3-7H2/t8-/m1/s1. The van der Waals surface area contributed by atoms with Crippen molar-refractivity contribution in [2.75, 3.05) is 13.1 Å². The molecule has 0 saturated carbocycles. The molecule has 1 saturated heterocycles. The van der Waals surface area contributed by atoms with Crippen molar-refractivity contribution in [3.63, 3.8) is 0 Å². The number of likely N-dealkylation sites (tertiary alicyclic amines) is 1. The number of terminal acetylenes is 1. The predicted octanol–water partition coefficient (Wildman–Crippen LogP) is 1.74. The maximum Gasteiger partial charge on any atom is 0.253 e. The third kappa shape index (κ3) is 2.18. The molecule has 1 heterocycles. The van der Waals surface area contributed by atoms with E-state index in [1.54, 1.807) is 4.90 Å². The summed E-state index contributed by atoms with van der Waals surface area (Å²) in [5, 5.41) is 0. The zero-order valence-electron chi connectivity index (χ0n) is 6.97. The molecule has 1 rings (SSSR count). The molecule has 0 radical (unpaired) electrons. The third-order valence-electron chi connectivity index (χ3n) is 2.25. The monoisotopic (exact) mass is 173 g/mol. The fourth-order valence-electron chi connectivity index (χ4n) is 1.62. The van der Waals surface area contributed by atoms with Gasteiger partial charge in [0.15, 0.2) is 0 Å². The van der Waals surface area contributed by atoms with Crippen LogP contribution in [0.4, 0.5) is 8.78 Å². The van der Waals surface area contributed by atoms with Gasteiger partial charge in [-0.3, -0.25) is 4.90 Å². The summed E-state index contributed by atoms with van der Waals surface area (Å²) in [4.78, 5) is 1.80. The number of alkyl halides is 2. The van der Waals surface area contributed by atoms with Crippen LogP contribution >= 0.6 is 0 Å². The first kappa shape index (κ1) is 9.47. The van der Waals surface area contributed by atoms with Gasteiger partial charge in [0.25, 0.3) is 6.43 Å². The summed E-state index contributed by atoms with van der Waals surface area (Å²) in [6.45, 7) is 1.39. The number of nitrogens with zero attached hydrogens (tertiary/aromatic N) is 1. The van der Waals surface area contributed by atoms with E-state index in [-0.39, 0.29) is 0 Å². The molecule has 0 spiro atoms. The third-order valence-corrected chi connectivity index (χ3v) is 2.25. The molecule has 1 aliphatic heterocycles. The van der Waals surface area contributed by atoms with Crippen molar-refractivity contribution in [3.8, 4) is 12.3 Å². The Balaban J connectivity index is 2.37. The Morgan fingerprint density at radius 2 is 2.33 bits per heavy atom. The van der Waals surface area contributed by atoms with E-state index in [2.05, 4.69) is 5.92 Å². The first-order valence-electron chi connectivity index (χ1n) is 4.21. The summed E-state index contributed by atoms with van der Waals surface area (Å²) in [7, 11) is 0. The summed E-state index contributed by atoms with van der Waals surface area (Å²) in [6, 6.07) is -0.543. The van der Waals surface area contributed by atoms with Crippen molar-refractivity contribution in [2.45, 2.75) is 31.7 Å². The molecule has 0 aromatic heterocycles. The van der Waals surface area contributed by atoms with Crippen LogP contribution in [0.5, 0.6) is 0 Å². The minimum absolute atomic E-state index is 0.543. The normalized spacial score (nSPS) is 24.7. The molecule has 0 aromatic rings. The molecule has 1 fully saturated rings. The summed E-state index contributed by atoms with van der Waals surface area (Å²) in [5.41, 5.74) is 0. The summed E-state index contributed by atoms with van der Waals surface area (Å²) in [5.74, 6) is 2.47. The van der Waals surface area contributed by atoms with Gasteiger partial charge in [-0.05, 0) is 19.4 Å². The van der Waals surface area contributed by atoms with Gasteiger partial charge in [-0.25, -0.2) is 8.78 Å². The van der Waals surface area contributed by atoms with Crippen LogP contribution in [-0.4, -0.2) is 30.5 Å². The van der Waals surface area contributed by atoms with Crippen molar-refractivity contribution < 1.29 is 8.78 Å². The van der Waals surface area contributed by atoms with Crippen LogP contribution in [0.25, 0.3) is 0 Å². The van der Waals surface area contributed by atoms with E-state index in [1.165, 1.54) is 0 Å². The van der Waals surface area contributed by atoms with Gasteiger partial charge >= 0.3 is 0 Å². The molecule has 1 aliphatic rings. The van der Waals surface area contributed by atoms with E-state index in [1.807, 2.05) is 0 Å². The van der Waals surface area contributed by atoms with E-state index in [4.69, 9.17) is 6.42 Å². The van der Waals surface area contributed by atoms with Gasteiger partial charge in [0.05, 0.1) is 6.04 Å². The Bertz CT molecular complexity index is 174. The largest absolute Gasteiger partial charge is 0.294 e. The van der Waals surface area contributed by atoms with Crippen LogP contribution in [0.1, 0.15) is 19.3 Å². The second kappa shape index (κ2) is 4.42. The van der Waals surface area contributed by atoms with Crippen LogP contribution in [-0.2, 0) is 0 Å². The van der Waals surface area contributed by atoms with Crippen molar-refractivity contribution in [2.24, 2.45) is 0 Å². The predicted molar refractivity (Wildman–Crippen MR) is 44.0 cm³/mol. The molecule has 1 nitrogen and oxygen atoms in total.